The molecular formula is C23H22N3O4S-. The summed E-state index contributed by atoms with van der Waals surface area (Å²) in [4.78, 5) is 9.38. The van der Waals surface area contributed by atoms with Crippen LogP contribution >= 0.6 is 0 Å². The number of anilines is 1. The van der Waals surface area contributed by atoms with Gasteiger partial charge in [0, 0.05) is 46.0 Å². The number of nitrogens with one attached hydrogen (secondary N) is 1. The summed E-state index contributed by atoms with van der Waals surface area (Å²) in [6.45, 7) is 2.07. The molecule has 0 saturated heterocycles. The Morgan fingerprint density at radius 1 is 1.06 bits per heavy atom. The summed E-state index contributed by atoms with van der Waals surface area (Å²) in [6.07, 6.45) is 3.20. The number of nitrogens with zero attached hydrogens (tertiary/aromatic N) is 2. The molecule has 0 radical (unpaired) electrons. The van der Waals surface area contributed by atoms with Crippen molar-refractivity contribution in [3.63, 3.8) is 0 Å². The lowest BCUT2D eigenvalue weighted by atomic mass is 9.99. The van der Waals surface area contributed by atoms with E-state index in [0.717, 1.165) is 39.5 Å². The molecule has 1 unspecified atom stereocenters. The standard InChI is InChI=1S/C23H23N3O4S/c1-4-19-18-12-22(30-3)21(29-2)11-17(18)15(13-24-19)10-16-9-8-14-6-5-7-20(23(14)25-16)26-31(27)28/h5-9,11-13,26H,4,10H2,1-3H3,(H,27,28)/p-1. The Morgan fingerprint density at radius 2 is 1.81 bits per heavy atom. The predicted molar refractivity (Wildman–Crippen MR) is 121 cm³/mol. The number of methoxy groups -OCH3 is 2. The van der Waals surface area contributed by atoms with Crippen LogP contribution in [0.5, 0.6) is 11.5 Å². The number of pyridine rings is 2. The third-order valence-corrected chi connectivity index (χ3v) is 5.62. The van der Waals surface area contributed by atoms with Gasteiger partial charge in [-0.3, -0.25) is 14.2 Å². The van der Waals surface area contributed by atoms with Crippen LogP contribution in [0.15, 0.2) is 48.7 Å². The fourth-order valence-corrected chi connectivity index (χ4v) is 4.10. The van der Waals surface area contributed by atoms with Gasteiger partial charge < -0.3 is 18.7 Å². The molecule has 2 aromatic heterocycles. The Hall–Kier alpha value is -3.23. The Labute approximate surface area is 182 Å². The van der Waals surface area contributed by atoms with Gasteiger partial charge in [-0.15, -0.1) is 0 Å². The molecule has 0 aliphatic heterocycles. The van der Waals surface area contributed by atoms with E-state index < -0.39 is 11.3 Å². The highest BCUT2D eigenvalue weighted by Gasteiger charge is 2.14. The van der Waals surface area contributed by atoms with Crippen LogP contribution in [0.25, 0.3) is 21.7 Å². The third kappa shape index (κ3) is 4.17. The third-order valence-electron chi connectivity index (χ3n) is 5.23. The van der Waals surface area contributed by atoms with E-state index in [0.29, 0.717) is 29.1 Å². The van der Waals surface area contributed by atoms with E-state index >= 15 is 0 Å². The quantitative estimate of drug-likeness (QED) is 0.437. The molecule has 31 heavy (non-hydrogen) atoms. The first kappa shape index (κ1) is 21.0. The molecule has 0 aliphatic carbocycles. The monoisotopic (exact) mass is 436 g/mol. The second kappa shape index (κ2) is 8.87. The minimum absolute atomic E-state index is 0.448. The normalized spacial score (nSPS) is 12.1. The van der Waals surface area contributed by atoms with Gasteiger partial charge in [0.1, 0.15) is 0 Å². The van der Waals surface area contributed by atoms with Crippen LogP contribution in [-0.4, -0.2) is 32.9 Å². The SMILES string of the molecule is CCc1ncc(Cc2ccc3cccc(NS(=O)[O-])c3n2)c2cc(OC)c(OC)cc12. The minimum Gasteiger partial charge on any atom is -0.755 e. The van der Waals surface area contributed by atoms with E-state index in [-0.39, 0.29) is 0 Å². The molecule has 0 amide bonds. The van der Waals surface area contributed by atoms with Crippen molar-refractivity contribution in [2.75, 3.05) is 18.9 Å². The number of rotatable bonds is 7. The zero-order chi connectivity index (χ0) is 22.0. The summed E-state index contributed by atoms with van der Waals surface area (Å²) >= 11 is -2.42. The van der Waals surface area contributed by atoms with Gasteiger partial charge in [0.15, 0.2) is 11.5 Å². The number of hydrogen-bond donors (Lipinski definition) is 1. The fourth-order valence-electron chi connectivity index (χ4n) is 3.75. The van der Waals surface area contributed by atoms with Crippen LogP contribution in [0.4, 0.5) is 5.69 Å². The van der Waals surface area contributed by atoms with Gasteiger partial charge in [0.05, 0.1) is 25.4 Å². The molecule has 4 rings (SSSR count). The molecule has 1 N–H and O–H groups in total. The number of hydrogen-bond acceptors (Lipinski definition) is 6. The zero-order valence-corrected chi connectivity index (χ0v) is 18.3. The maximum absolute atomic E-state index is 11.1. The molecule has 0 aliphatic rings. The second-order valence-electron chi connectivity index (χ2n) is 7.03. The number of aromatic nitrogens is 2. The molecule has 2 heterocycles. The average Bonchev–Trinajstić information content (AvgIpc) is 2.78. The summed E-state index contributed by atoms with van der Waals surface area (Å²) in [5.41, 5.74) is 3.84. The Bertz CT molecular complexity index is 1290. The van der Waals surface area contributed by atoms with E-state index in [4.69, 9.17) is 14.5 Å². The lowest BCUT2D eigenvalue weighted by Gasteiger charge is -2.15. The predicted octanol–water partition coefficient (Wildman–Crippen LogP) is 4.16. The van der Waals surface area contributed by atoms with Crippen molar-refractivity contribution in [2.24, 2.45) is 0 Å². The second-order valence-corrected chi connectivity index (χ2v) is 7.70. The number of aryl methyl sites for hydroxylation is 1. The van der Waals surface area contributed by atoms with Gasteiger partial charge in [0.2, 0.25) is 0 Å². The Balaban J connectivity index is 1.83. The van der Waals surface area contributed by atoms with Crippen LogP contribution in [0.3, 0.4) is 0 Å². The van der Waals surface area contributed by atoms with Crippen molar-refractivity contribution in [1.29, 1.82) is 0 Å². The molecule has 1 atom stereocenters. The summed E-state index contributed by atoms with van der Waals surface area (Å²) < 4.78 is 35.7. The van der Waals surface area contributed by atoms with Crippen molar-refractivity contribution < 1.29 is 18.2 Å². The maximum Gasteiger partial charge on any atom is 0.161 e. The smallest absolute Gasteiger partial charge is 0.161 e. The van der Waals surface area contributed by atoms with E-state index in [1.165, 1.54) is 0 Å². The van der Waals surface area contributed by atoms with Crippen LogP contribution in [-0.2, 0) is 24.1 Å². The first-order chi connectivity index (χ1) is 15.0. The lowest BCUT2D eigenvalue weighted by Crippen LogP contribution is -2.04. The van der Waals surface area contributed by atoms with Crippen molar-refractivity contribution in [3.8, 4) is 11.5 Å². The van der Waals surface area contributed by atoms with Gasteiger partial charge in [-0.05, 0) is 41.6 Å². The van der Waals surface area contributed by atoms with Crippen LogP contribution < -0.4 is 14.2 Å². The van der Waals surface area contributed by atoms with Gasteiger partial charge in [-0.25, -0.2) is 0 Å². The summed E-state index contributed by atoms with van der Waals surface area (Å²) in [6, 6.07) is 13.2. The molecule has 8 heteroatoms. The first-order valence-electron chi connectivity index (χ1n) is 9.81. The average molecular weight is 437 g/mol. The van der Waals surface area contributed by atoms with Gasteiger partial charge >= 0.3 is 0 Å². The number of para-hydroxylation sites is 1. The van der Waals surface area contributed by atoms with Gasteiger partial charge in [-0.2, -0.15) is 0 Å². The van der Waals surface area contributed by atoms with Crippen LogP contribution in [0.1, 0.15) is 23.9 Å². The molecule has 0 spiro atoms. The van der Waals surface area contributed by atoms with Crippen molar-refractivity contribution >= 4 is 38.6 Å². The van der Waals surface area contributed by atoms with Crippen molar-refractivity contribution in [3.05, 3.63) is 65.6 Å². The first-order valence-corrected chi connectivity index (χ1v) is 10.9. The van der Waals surface area contributed by atoms with E-state index in [9.17, 15) is 8.76 Å². The minimum atomic E-state index is -2.42. The topological polar surface area (TPSA) is 96.4 Å². The van der Waals surface area contributed by atoms with Gasteiger partial charge in [0.25, 0.3) is 0 Å². The molecule has 7 nitrogen and oxygen atoms in total. The highest BCUT2D eigenvalue weighted by molar-refractivity contribution is 7.80. The number of benzene rings is 2. The summed E-state index contributed by atoms with van der Waals surface area (Å²) in [7, 11) is 3.23. The van der Waals surface area contributed by atoms with Crippen LogP contribution in [0.2, 0.25) is 0 Å². The van der Waals surface area contributed by atoms with E-state index in [2.05, 4.69) is 16.6 Å². The van der Waals surface area contributed by atoms with Crippen LogP contribution in [0, 0.1) is 0 Å². The lowest BCUT2D eigenvalue weighted by molar-refractivity contribution is 0.356. The number of fused-ring (bicyclic) bond motifs is 2. The van der Waals surface area contributed by atoms with E-state index in [1.54, 1.807) is 26.4 Å². The molecule has 0 bridgehead atoms. The van der Waals surface area contributed by atoms with Gasteiger partial charge in [-0.1, -0.05) is 25.1 Å². The maximum atomic E-state index is 11.1. The molecular weight excluding hydrogens is 414 g/mol. The fraction of sp³-hybridized carbons (Fsp3) is 0.217. The largest absolute Gasteiger partial charge is 0.755 e. The molecule has 2 aromatic carbocycles. The number of ether oxygens (including phenoxy) is 2. The summed E-state index contributed by atoms with van der Waals surface area (Å²) in [5.74, 6) is 1.31. The van der Waals surface area contributed by atoms with E-state index in [1.807, 2.05) is 36.5 Å². The highest BCUT2D eigenvalue weighted by Crippen LogP contribution is 2.35. The zero-order valence-electron chi connectivity index (χ0n) is 17.5. The highest BCUT2D eigenvalue weighted by atomic mass is 32.2. The molecule has 4 aromatic rings. The summed E-state index contributed by atoms with van der Waals surface area (Å²) in [5, 5.41) is 2.90. The molecule has 0 fully saturated rings. The van der Waals surface area contributed by atoms with Crippen molar-refractivity contribution in [2.45, 2.75) is 19.8 Å². The molecule has 160 valence electrons. The van der Waals surface area contributed by atoms with Crippen molar-refractivity contribution in [1.82, 2.24) is 9.97 Å². The Morgan fingerprint density at radius 3 is 2.48 bits per heavy atom. The molecule has 0 saturated carbocycles. The Kier molecular flexibility index (Phi) is 6.01.